The number of para-hydroxylation sites is 1. The number of nitrogens with zero attached hydrogens (tertiary/aromatic N) is 1. The molecule has 0 aliphatic rings. The predicted molar refractivity (Wildman–Crippen MR) is 106 cm³/mol. The van der Waals surface area contributed by atoms with Crippen molar-refractivity contribution in [3.63, 3.8) is 0 Å². The molecule has 0 aliphatic carbocycles. The Hall–Kier alpha value is -3.35. The van der Waals surface area contributed by atoms with Gasteiger partial charge in [0, 0.05) is 12.0 Å². The van der Waals surface area contributed by atoms with Gasteiger partial charge in [0.15, 0.2) is 11.5 Å². The van der Waals surface area contributed by atoms with Crippen LogP contribution in [0.25, 0.3) is 22.3 Å². The Morgan fingerprint density at radius 3 is 2.75 bits per heavy atom. The highest BCUT2D eigenvalue weighted by molar-refractivity contribution is 5.79. The van der Waals surface area contributed by atoms with Crippen LogP contribution in [0.4, 0.5) is 0 Å². The number of aromatic amines is 1. The molecule has 0 atom stereocenters. The summed E-state index contributed by atoms with van der Waals surface area (Å²) in [5.74, 6) is 1.27. The number of rotatable bonds is 8. The second-order valence-corrected chi connectivity index (χ2v) is 6.05. The Kier molecular flexibility index (Phi) is 6.26. The van der Waals surface area contributed by atoms with Gasteiger partial charge in [0.2, 0.25) is 0 Å². The predicted octanol–water partition coefficient (Wildman–Crippen LogP) is 3.32. The molecule has 1 N–H and O–H groups in total. The van der Waals surface area contributed by atoms with Crippen molar-refractivity contribution in [3.8, 4) is 22.9 Å². The number of carbonyl (C=O) groups is 1. The van der Waals surface area contributed by atoms with E-state index < -0.39 is 0 Å². The van der Waals surface area contributed by atoms with Crippen LogP contribution in [-0.2, 0) is 9.53 Å². The molecule has 146 valence electrons. The van der Waals surface area contributed by atoms with Crippen molar-refractivity contribution < 1.29 is 19.0 Å². The van der Waals surface area contributed by atoms with Gasteiger partial charge < -0.3 is 19.2 Å². The van der Waals surface area contributed by atoms with Gasteiger partial charge in [-0.15, -0.1) is 0 Å². The molecule has 0 aliphatic heterocycles. The van der Waals surface area contributed by atoms with Gasteiger partial charge in [-0.1, -0.05) is 12.1 Å². The molecule has 0 radical (unpaired) electrons. The third-order valence-corrected chi connectivity index (χ3v) is 4.14. The van der Waals surface area contributed by atoms with E-state index >= 15 is 0 Å². The summed E-state index contributed by atoms with van der Waals surface area (Å²) in [7, 11) is 1.55. The molecule has 3 aromatic rings. The number of hydrogen-bond acceptors (Lipinski definition) is 6. The zero-order valence-corrected chi connectivity index (χ0v) is 15.9. The summed E-state index contributed by atoms with van der Waals surface area (Å²) in [4.78, 5) is 31.1. The van der Waals surface area contributed by atoms with Gasteiger partial charge in [0.25, 0.3) is 5.56 Å². The number of fused-ring (bicyclic) bond motifs is 1. The van der Waals surface area contributed by atoms with E-state index in [1.807, 2.05) is 6.07 Å². The molecule has 7 heteroatoms. The third-order valence-electron chi connectivity index (χ3n) is 4.14. The van der Waals surface area contributed by atoms with E-state index in [0.717, 1.165) is 0 Å². The normalized spacial score (nSPS) is 10.6. The lowest BCUT2D eigenvalue weighted by atomic mass is 10.1. The number of esters is 1. The van der Waals surface area contributed by atoms with Crippen LogP contribution in [0.1, 0.15) is 19.8 Å². The molecule has 0 saturated carbocycles. The van der Waals surface area contributed by atoms with Crippen LogP contribution in [-0.4, -0.2) is 36.3 Å². The summed E-state index contributed by atoms with van der Waals surface area (Å²) >= 11 is 0. The monoisotopic (exact) mass is 382 g/mol. The van der Waals surface area contributed by atoms with Crippen LogP contribution in [0.3, 0.4) is 0 Å². The summed E-state index contributed by atoms with van der Waals surface area (Å²) in [6.45, 7) is 2.47. The van der Waals surface area contributed by atoms with Crippen molar-refractivity contribution in [2.45, 2.75) is 19.8 Å². The standard InChI is InChI=1S/C21H22N2O5/c1-3-27-19(24)9-6-12-28-18-13-14(10-11-17(18)26-2)20-22-16-8-5-4-7-15(16)21(25)23-20/h4-5,7-8,10-11,13H,3,6,9,12H2,1-2H3,(H,22,23,25). The molecule has 0 amide bonds. The molecule has 0 saturated heterocycles. The van der Waals surface area contributed by atoms with Crippen molar-refractivity contribution in [1.29, 1.82) is 0 Å². The van der Waals surface area contributed by atoms with Crippen molar-refractivity contribution in [1.82, 2.24) is 9.97 Å². The molecular weight excluding hydrogens is 360 g/mol. The summed E-state index contributed by atoms with van der Waals surface area (Å²) in [5.41, 5.74) is 1.12. The Labute approximate surface area is 162 Å². The summed E-state index contributed by atoms with van der Waals surface area (Å²) in [5, 5.41) is 0.537. The lowest BCUT2D eigenvalue weighted by molar-refractivity contribution is -0.143. The number of nitrogens with one attached hydrogen (secondary N) is 1. The van der Waals surface area contributed by atoms with Crippen LogP contribution >= 0.6 is 0 Å². The maximum atomic E-state index is 12.3. The molecule has 3 rings (SSSR count). The smallest absolute Gasteiger partial charge is 0.305 e. The van der Waals surface area contributed by atoms with Gasteiger partial charge >= 0.3 is 5.97 Å². The maximum Gasteiger partial charge on any atom is 0.305 e. The Balaban J connectivity index is 1.81. The van der Waals surface area contributed by atoms with E-state index in [2.05, 4.69) is 9.97 Å². The van der Waals surface area contributed by atoms with Crippen molar-refractivity contribution in [3.05, 3.63) is 52.8 Å². The number of ether oxygens (including phenoxy) is 3. The van der Waals surface area contributed by atoms with Crippen LogP contribution in [0.15, 0.2) is 47.3 Å². The van der Waals surface area contributed by atoms with Gasteiger partial charge in [-0.3, -0.25) is 9.59 Å². The number of methoxy groups -OCH3 is 1. The summed E-state index contributed by atoms with van der Waals surface area (Å²) in [6, 6.07) is 12.5. The van der Waals surface area contributed by atoms with Crippen LogP contribution in [0, 0.1) is 0 Å². The van der Waals surface area contributed by atoms with E-state index in [4.69, 9.17) is 14.2 Å². The third kappa shape index (κ3) is 4.49. The minimum atomic E-state index is -0.246. The molecule has 28 heavy (non-hydrogen) atoms. The Morgan fingerprint density at radius 2 is 1.96 bits per heavy atom. The van der Waals surface area contributed by atoms with Crippen LogP contribution < -0.4 is 15.0 Å². The van der Waals surface area contributed by atoms with E-state index in [0.29, 0.717) is 53.4 Å². The molecule has 1 aromatic heterocycles. The molecule has 0 fully saturated rings. The highest BCUT2D eigenvalue weighted by Crippen LogP contribution is 2.31. The average molecular weight is 382 g/mol. The van der Waals surface area contributed by atoms with Crippen molar-refractivity contribution >= 4 is 16.9 Å². The summed E-state index contributed by atoms with van der Waals surface area (Å²) in [6.07, 6.45) is 0.812. The van der Waals surface area contributed by atoms with Gasteiger partial charge in [-0.05, 0) is 43.7 Å². The Morgan fingerprint density at radius 1 is 1.14 bits per heavy atom. The first-order chi connectivity index (χ1) is 13.6. The molecule has 0 spiro atoms. The van der Waals surface area contributed by atoms with Gasteiger partial charge in [0.1, 0.15) is 5.82 Å². The van der Waals surface area contributed by atoms with Crippen LogP contribution in [0.5, 0.6) is 11.5 Å². The lowest BCUT2D eigenvalue weighted by Gasteiger charge is -2.12. The second-order valence-electron chi connectivity index (χ2n) is 6.05. The average Bonchev–Trinajstić information content (AvgIpc) is 2.71. The number of H-pyrrole nitrogens is 1. The zero-order chi connectivity index (χ0) is 19.9. The van der Waals surface area contributed by atoms with Crippen molar-refractivity contribution in [2.24, 2.45) is 0 Å². The lowest BCUT2D eigenvalue weighted by Crippen LogP contribution is -2.09. The van der Waals surface area contributed by atoms with Gasteiger partial charge in [-0.2, -0.15) is 0 Å². The maximum absolute atomic E-state index is 12.3. The number of hydrogen-bond donors (Lipinski definition) is 1. The Bertz CT molecular complexity index is 1030. The fourth-order valence-corrected chi connectivity index (χ4v) is 2.79. The topological polar surface area (TPSA) is 90.5 Å². The highest BCUT2D eigenvalue weighted by atomic mass is 16.5. The minimum Gasteiger partial charge on any atom is -0.493 e. The van der Waals surface area contributed by atoms with E-state index in [1.54, 1.807) is 50.4 Å². The number of aromatic nitrogens is 2. The molecule has 2 aromatic carbocycles. The quantitative estimate of drug-likeness (QED) is 0.475. The minimum absolute atomic E-state index is 0.201. The first-order valence-corrected chi connectivity index (χ1v) is 9.08. The van der Waals surface area contributed by atoms with E-state index in [-0.39, 0.29) is 17.9 Å². The second kappa shape index (κ2) is 9.03. The zero-order valence-electron chi connectivity index (χ0n) is 15.9. The van der Waals surface area contributed by atoms with E-state index in [9.17, 15) is 9.59 Å². The SMILES string of the molecule is CCOC(=O)CCCOc1cc(-c2nc3ccccc3c(=O)[nH]2)ccc1OC. The van der Waals surface area contributed by atoms with Gasteiger partial charge in [-0.25, -0.2) is 4.98 Å². The first-order valence-electron chi connectivity index (χ1n) is 9.08. The largest absolute Gasteiger partial charge is 0.493 e. The molecule has 0 bridgehead atoms. The molecule has 1 heterocycles. The highest BCUT2D eigenvalue weighted by Gasteiger charge is 2.11. The fourth-order valence-electron chi connectivity index (χ4n) is 2.79. The number of carbonyl (C=O) groups excluding carboxylic acids is 1. The number of benzene rings is 2. The fraction of sp³-hybridized carbons (Fsp3) is 0.286. The molecular formula is C21H22N2O5. The van der Waals surface area contributed by atoms with Crippen molar-refractivity contribution in [2.75, 3.05) is 20.3 Å². The summed E-state index contributed by atoms with van der Waals surface area (Å²) < 4.78 is 16.0. The van der Waals surface area contributed by atoms with E-state index in [1.165, 1.54) is 0 Å². The van der Waals surface area contributed by atoms with Crippen LogP contribution in [0.2, 0.25) is 0 Å². The first kappa shape index (κ1) is 19.4. The molecule has 7 nitrogen and oxygen atoms in total. The van der Waals surface area contributed by atoms with Gasteiger partial charge in [0.05, 0.1) is 31.2 Å². The molecule has 0 unspecified atom stereocenters.